The van der Waals surface area contributed by atoms with Crippen LogP contribution in [0.15, 0.2) is 54.7 Å². The number of halogens is 1. The predicted octanol–water partition coefficient (Wildman–Crippen LogP) is 8.59. The lowest BCUT2D eigenvalue weighted by Crippen LogP contribution is -2.48. The van der Waals surface area contributed by atoms with E-state index in [1.807, 2.05) is 10.6 Å². The van der Waals surface area contributed by atoms with E-state index in [1.165, 1.54) is 12.1 Å². The molecule has 0 saturated heterocycles. The maximum absolute atomic E-state index is 14.0. The first-order chi connectivity index (χ1) is 22.9. The van der Waals surface area contributed by atoms with Gasteiger partial charge in [-0.3, -0.25) is 4.79 Å². The molecular formula is C36H49FN6O4Si. The molecule has 4 aromatic rings. The van der Waals surface area contributed by atoms with Crippen LogP contribution in [0.2, 0.25) is 16.6 Å². The number of hydrogen-bond acceptors (Lipinski definition) is 8. The molecule has 0 aliphatic rings. The molecule has 0 fully saturated rings. The highest BCUT2D eigenvalue weighted by Crippen LogP contribution is 2.42. The lowest BCUT2D eigenvalue weighted by atomic mass is 10.1. The van der Waals surface area contributed by atoms with E-state index in [1.54, 1.807) is 57.7 Å². The molecule has 48 heavy (non-hydrogen) atoms. The zero-order chi connectivity index (χ0) is 35.0. The SMILES string of the molecule is CCC(=O)Nc1ccc(OC)c(Nc2nccc(-c3c(-c4ccc(F)cc4)nc(CCO[Si](C(C)C)(C(C)C)C(C)C)n3COC)n2)c1. The standard InChI is InChI=1S/C36H49FN6O4Si/c1-10-33(44)39-28-15-16-31(46-9)30(21-28)41-36-38-19-17-29(40-36)35-34(26-11-13-27(37)14-12-26)42-32(43(35)22-45-8)18-20-47-48(23(2)3,24(4)5)25(6)7/h11-17,19,21,23-25H,10,18,20,22H2,1-9H3,(H,39,44)(H,38,40,41). The number of anilines is 3. The summed E-state index contributed by atoms with van der Waals surface area (Å²) in [5.41, 5.74) is 5.25. The molecule has 0 saturated carbocycles. The first kappa shape index (κ1) is 36.7. The molecule has 0 atom stereocenters. The van der Waals surface area contributed by atoms with Crippen molar-refractivity contribution in [2.24, 2.45) is 0 Å². The van der Waals surface area contributed by atoms with Crippen LogP contribution in [-0.4, -0.2) is 54.6 Å². The number of carbonyl (C=O) groups excluding carboxylic acids is 1. The number of hydrogen-bond donors (Lipinski definition) is 2. The number of nitrogens with zero attached hydrogens (tertiary/aromatic N) is 4. The first-order valence-corrected chi connectivity index (χ1v) is 18.7. The van der Waals surface area contributed by atoms with Gasteiger partial charge in [0.05, 0.1) is 29.9 Å². The highest BCUT2D eigenvalue weighted by Gasteiger charge is 2.45. The number of benzene rings is 2. The van der Waals surface area contributed by atoms with Gasteiger partial charge in [0.2, 0.25) is 11.9 Å². The third-order valence-electron chi connectivity index (χ3n) is 8.76. The summed E-state index contributed by atoms with van der Waals surface area (Å²) in [7, 11) is 1.11. The average Bonchev–Trinajstić information content (AvgIpc) is 3.41. The molecule has 4 rings (SSSR count). The molecule has 2 heterocycles. The van der Waals surface area contributed by atoms with Crippen molar-refractivity contribution < 1.29 is 23.1 Å². The Hall–Kier alpha value is -4.13. The molecule has 12 heteroatoms. The minimum Gasteiger partial charge on any atom is -0.495 e. The highest BCUT2D eigenvalue weighted by atomic mass is 28.4. The largest absolute Gasteiger partial charge is 0.495 e. The van der Waals surface area contributed by atoms with Crippen molar-refractivity contribution in [1.82, 2.24) is 19.5 Å². The second-order valence-corrected chi connectivity index (χ2v) is 18.2. The Morgan fingerprint density at radius 3 is 2.25 bits per heavy atom. The summed E-state index contributed by atoms with van der Waals surface area (Å²) in [4.78, 5) is 26.5. The number of aromatic nitrogens is 4. The molecular weight excluding hydrogens is 628 g/mol. The molecule has 1 amide bonds. The van der Waals surface area contributed by atoms with E-state index in [0.717, 1.165) is 11.4 Å². The topological polar surface area (TPSA) is 112 Å². The lowest BCUT2D eigenvalue weighted by molar-refractivity contribution is -0.115. The Kier molecular flexibility index (Phi) is 12.5. The van der Waals surface area contributed by atoms with Crippen molar-refractivity contribution in [1.29, 1.82) is 0 Å². The maximum atomic E-state index is 14.0. The molecule has 0 aliphatic carbocycles. The van der Waals surface area contributed by atoms with E-state index in [2.05, 4.69) is 57.2 Å². The van der Waals surface area contributed by atoms with E-state index in [9.17, 15) is 9.18 Å². The van der Waals surface area contributed by atoms with Gasteiger partial charge in [-0.05, 0) is 65.2 Å². The first-order valence-electron chi connectivity index (χ1n) is 16.5. The number of nitrogens with one attached hydrogen (secondary N) is 2. The van der Waals surface area contributed by atoms with E-state index in [4.69, 9.17) is 23.9 Å². The molecule has 0 radical (unpaired) electrons. The minimum atomic E-state index is -2.10. The molecule has 10 nitrogen and oxygen atoms in total. The van der Waals surface area contributed by atoms with Gasteiger partial charge in [-0.1, -0.05) is 48.5 Å². The van der Waals surface area contributed by atoms with Gasteiger partial charge < -0.3 is 29.1 Å². The van der Waals surface area contributed by atoms with Crippen molar-refractivity contribution in [2.75, 3.05) is 31.5 Å². The molecule has 0 aliphatic heterocycles. The normalized spacial score (nSPS) is 11.9. The minimum absolute atomic E-state index is 0.101. The molecule has 0 spiro atoms. The summed E-state index contributed by atoms with van der Waals surface area (Å²) in [6.45, 7) is 16.2. The van der Waals surface area contributed by atoms with Crippen LogP contribution in [0.3, 0.4) is 0 Å². The third kappa shape index (κ3) is 8.11. The van der Waals surface area contributed by atoms with Gasteiger partial charge >= 0.3 is 0 Å². The molecule has 2 N–H and O–H groups in total. The van der Waals surface area contributed by atoms with Gasteiger partial charge in [0, 0.05) is 44.0 Å². The monoisotopic (exact) mass is 676 g/mol. The van der Waals surface area contributed by atoms with Crippen LogP contribution in [0.4, 0.5) is 21.7 Å². The predicted molar refractivity (Wildman–Crippen MR) is 192 cm³/mol. The van der Waals surface area contributed by atoms with Crippen LogP contribution in [0, 0.1) is 5.82 Å². The van der Waals surface area contributed by atoms with Crippen LogP contribution in [0.5, 0.6) is 5.75 Å². The fraction of sp³-hybridized carbons (Fsp3) is 0.444. The van der Waals surface area contributed by atoms with E-state index in [0.29, 0.717) is 76.2 Å². The molecule has 258 valence electrons. The van der Waals surface area contributed by atoms with Crippen LogP contribution >= 0.6 is 0 Å². The maximum Gasteiger partial charge on any atom is 0.227 e. The Morgan fingerprint density at radius 2 is 1.65 bits per heavy atom. The molecule has 0 bridgehead atoms. The third-order valence-corrected chi connectivity index (χ3v) is 14.9. The Bertz CT molecular complexity index is 1650. The zero-order valence-corrected chi connectivity index (χ0v) is 30.6. The van der Waals surface area contributed by atoms with Crippen LogP contribution in [-0.2, 0) is 27.1 Å². The summed E-state index contributed by atoms with van der Waals surface area (Å²) >= 11 is 0. The fourth-order valence-corrected chi connectivity index (χ4v) is 12.1. The summed E-state index contributed by atoms with van der Waals surface area (Å²) < 4.78 is 34.2. The quantitative estimate of drug-likeness (QED) is 0.114. The summed E-state index contributed by atoms with van der Waals surface area (Å²) in [6, 6.07) is 13.4. The van der Waals surface area contributed by atoms with Crippen LogP contribution in [0.1, 0.15) is 60.7 Å². The van der Waals surface area contributed by atoms with Gasteiger partial charge in [0.1, 0.15) is 24.1 Å². The van der Waals surface area contributed by atoms with Crippen LogP contribution in [0.25, 0.3) is 22.6 Å². The number of imidazole rings is 1. The molecule has 2 aromatic carbocycles. The van der Waals surface area contributed by atoms with Crippen molar-refractivity contribution in [3.05, 3.63) is 66.4 Å². The van der Waals surface area contributed by atoms with Crippen molar-refractivity contribution in [3.63, 3.8) is 0 Å². The van der Waals surface area contributed by atoms with Crippen molar-refractivity contribution >= 4 is 31.5 Å². The molecule has 2 aromatic heterocycles. The fourth-order valence-electron chi connectivity index (χ4n) is 6.65. The lowest BCUT2D eigenvalue weighted by Gasteiger charge is -2.42. The van der Waals surface area contributed by atoms with Crippen molar-refractivity contribution in [2.45, 2.75) is 84.7 Å². The van der Waals surface area contributed by atoms with Gasteiger partial charge in [-0.2, -0.15) is 0 Å². The Balaban J connectivity index is 1.77. The number of ether oxygens (including phenoxy) is 2. The highest BCUT2D eigenvalue weighted by molar-refractivity contribution is 6.77. The summed E-state index contributed by atoms with van der Waals surface area (Å²) in [5.74, 6) is 1.21. The summed E-state index contributed by atoms with van der Waals surface area (Å²) in [6.07, 6.45) is 2.58. The smallest absolute Gasteiger partial charge is 0.227 e. The van der Waals surface area contributed by atoms with Crippen molar-refractivity contribution in [3.8, 4) is 28.4 Å². The number of methoxy groups -OCH3 is 2. The van der Waals surface area contributed by atoms with Crippen LogP contribution < -0.4 is 15.4 Å². The number of rotatable bonds is 16. The second-order valence-electron chi connectivity index (χ2n) is 12.7. The molecule has 0 unspecified atom stereocenters. The van der Waals surface area contributed by atoms with E-state index >= 15 is 0 Å². The second kappa shape index (κ2) is 16.3. The van der Waals surface area contributed by atoms with Gasteiger partial charge in [0.25, 0.3) is 0 Å². The van der Waals surface area contributed by atoms with Gasteiger partial charge in [-0.15, -0.1) is 0 Å². The summed E-state index contributed by atoms with van der Waals surface area (Å²) in [5, 5.41) is 6.12. The van der Waals surface area contributed by atoms with Gasteiger partial charge in [-0.25, -0.2) is 19.3 Å². The van der Waals surface area contributed by atoms with Gasteiger partial charge in [0.15, 0.2) is 8.32 Å². The average molecular weight is 677 g/mol. The Labute approximate surface area is 284 Å². The van der Waals surface area contributed by atoms with E-state index < -0.39 is 8.32 Å². The Morgan fingerprint density at radius 1 is 0.958 bits per heavy atom. The number of carbonyl (C=O) groups is 1. The zero-order valence-electron chi connectivity index (χ0n) is 29.6. The number of amides is 1. The van der Waals surface area contributed by atoms with E-state index in [-0.39, 0.29) is 18.5 Å².